The second-order valence-corrected chi connectivity index (χ2v) is 14.8. The molecule has 0 aromatic carbocycles. The molecule has 0 aliphatic heterocycles. The van der Waals surface area contributed by atoms with Crippen LogP contribution in [0, 0.1) is 17.3 Å². The van der Waals surface area contributed by atoms with E-state index < -0.39 is 8.32 Å². The van der Waals surface area contributed by atoms with Gasteiger partial charge in [0.15, 0.2) is 8.32 Å². The SMILES string of the molecule is C=C(CCCC(C)(C)O[Si](CC)(CC)CC)[C@H]1CC[C@H]2C(=O)CCC[C@]12C. The van der Waals surface area contributed by atoms with E-state index in [1.807, 2.05) is 0 Å². The first-order valence-corrected chi connectivity index (χ1v) is 14.1. The van der Waals surface area contributed by atoms with E-state index in [4.69, 9.17) is 4.43 Å². The maximum Gasteiger partial charge on any atom is 0.192 e. The fourth-order valence-corrected chi connectivity index (χ4v) is 9.33. The van der Waals surface area contributed by atoms with Gasteiger partial charge < -0.3 is 4.43 Å². The van der Waals surface area contributed by atoms with Crippen molar-refractivity contribution < 1.29 is 9.22 Å². The highest BCUT2D eigenvalue weighted by atomic mass is 28.4. The lowest BCUT2D eigenvalue weighted by Gasteiger charge is -2.41. The van der Waals surface area contributed by atoms with Crippen LogP contribution < -0.4 is 0 Å². The van der Waals surface area contributed by atoms with Crippen LogP contribution in [-0.4, -0.2) is 19.7 Å². The summed E-state index contributed by atoms with van der Waals surface area (Å²) in [7, 11) is -1.56. The van der Waals surface area contributed by atoms with Gasteiger partial charge in [-0.3, -0.25) is 4.79 Å². The Morgan fingerprint density at radius 3 is 2.44 bits per heavy atom. The van der Waals surface area contributed by atoms with E-state index in [1.54, 1.807) is 0 Å². The van der Waals surface area contributed by atoms with Crippen LogP contribution >= 0.6 is 0 Å². The van der Waals surface area contributed by atoms with E-state index in [0.717, 1.165) is 38.5 Å². The first-order chi connectivity index (χ1) is 12.6. The molecule has 0 unspecified atom stereocenters. The second-order valence-electron chi connectivity index (χ2n) is 10.1. The minimum absolute atomic E-state index is 0.0303. The molecule has 0 aromatic heterocycles. The fraction of sp³-hybridized carbons (Fsp3) is 0.875. The van der Waals surface area contributed by atoms with E-state index in [9.17, 15) is 4.79 Å². The summed E-state index contributed by atoms with van der Waals surface area (Å²) >= 11 is 0. The van der Waals surface area contributed by atoms with Gasteiger partial charge in [0.05, 0.1) is 5.60 Å². The molecule has 2 rings (SSSR count). The third kappa shape index (κ3) is 4.96. The Kier molecular flexibility index (Phi) is 7.58. The monoisotopic (exact) mass is 392 g/mol. The Morgan fingerprint density at radius 1 is 1.22 bits per heavy atom. The molecule has 0 saturated heterocycles. The van der Waals surface area contributed by atoms with Crippen LogP contribution in [0.5, 0.6) is 0 Å². The Labute approximate surface area is 169 Å². The standard InChI is InChI=1S/C24H44O2Si/c1-8-27(9-2,10-3)26-23(5,6)17-11-13-19(4)20-15-16-21-22(25)14-12-18-24(20,21)7/h20-21H,4,8-18H2,1-3,5-7H3/t20-,21+,24-/m1/s1. The number of fused-ring (bicyclic) bond motifs is 1. The van der Waals surface area contributed by atoms with Crippen molar-refractivity contribution >= 4 is 14.1 Å². The number of hydrogen-bond donors (Lipinski definition) is 0. The molecule has 0 aromatic rings. The van der Waals surface area contributed by atoms with Gasteiger partial charge in [-0.15, -0.1) is 0 Å². The van der Waals surface area contributed by atoms with Crippen molar-refractivity contribution in [2.75, 3.05) is 0 Å². The number of rotatable bonds is 10. The summed E-state index contributed by atoms with van der Waals surface area (Å²) in [5, 5.41) is 0. The van der Waals surface area contributed by atoms with Crippen molar-refractivity contribution in [2.24, 2.45) is 17.3 Å². The number of carbonyl (C=O) groups is 1. The zero-order valence-corrected chi connectivity index (χ0v) is 20.0. The highest BCUT2D eigenvalue weighted by Crippen LogP contribution is 2.56. The van der Waals surface area contributed by atoms with E-state index in [1.165, 1.54) is 36.5 Å². The van der Waals surface area contributed by atoms with Gasteiger partial charge in [-0.1, -0.05) is 39.8 Å². The molecule has 2 fully saturated rings. The Morgan fingerprint density at radius 2 is 1.85 bits per heavy atom. The van der Waals surface area contributed by atoms with Crippen molar-refractivity contribution in [3.63, 3.8) is 0 Å². The van der Waals surface area contributed by atoms with Gasteiger partial charge >= 0.3 is 0 Å². The highest BCUT2D eigenvalue weighted by Gasteiger charge is 2.51. The van der Waals surface area contributed by atoms with E-state index in [0.29, 0.717) is 17.6 Å². The normalized spacial score (nSPS) is 29.0. The molecule has 0 N–H and O–H groups in total. The number of hydrogen-bond acceptors (Lipinski definition) is 2. The third-order valence-corrected chi connectivity index (χ3v) is 12.9. The molecule has 0 heterocycles. The zero-order chi connectivity index (χ0) is 20.3. The summed E-state index contributed by atoms with van der Waals surface area (Å²) in [4.78, 5) is 12.4. The number of allylic oxidation sites excluding steroid dienone is 1. The molecule has 2 aliphatic carbocycles. The molecule has 2 aliphatic rings. The minimum Gasteiger partial charge on any atom is -0.412 e. The molecule has 0 spiro atoms. The van der Waals surface area contributed by atoms with Gasteiger partial charge in [-0.25, -0.2) is 0 Å². The third-order valence-electron chi connectivity index (χ3n) is 8.06. The van der Waals surface area contributed by atoms with Crippen LogP contribution in [0.1, 0.15) is 92.9 Å². The predicted octanol–water partition coefficient (Wildman–Crippen LogP) is 7.30. The number of carbonyl (C=O) groups excluding carboxylic acids is 1. The predicted molar refractivity (Wildman–Crippen MR) is 119 cm³/mol. The highest BCUT2D eigenvalue weighted by molar-refractivity contribution is 6.73. The molecular weight excluding hydrogens is 348 g/mol. The smallest absolute Gasteiger partial charge is 0.192 e. The molecule has 156 valence electrons. The van der Waals surface area contributed by atoms with Crippen molar-refractivity contribution in [3.05, 3.63) is 12.2 Å². The summed E-state index contributed by atoms with van der Waals surface area (Å²) in [6.07, 6.45) is 8.70. The summed E-state index contributed by atoms with van der Waals surface area (Å²) in [5.41, 5.74) is 1.56. The number of ketones is 1. The van der Waals surface area contributed by atoms with E-state index >= 15 is 0 Å². The van der Waals surface area contributed by atoms with Crippen molar-refractivity contribution in [2.45, 2.75) is 117 Å². The quantitative estimate of drug-likeness (QED) is 0.288. The topological polar surface area (TPSA) is 26.3 Å². The minimum atomic E-state index is -1.56. The Balaban J connectivity index is 1.89. The number of Topliss-reactive ketones (excluding diaryl/α,β-unsaturated/α-hetero) is 1. The molecule has 27 heavy (non-hydrogen) atoms. The van der Waals surface area contributed by atoms with Gasteiger partial charge in [-0.05, 0) is 88.3 Å². The molecule has 0 amide bonds. The van der Waals surface area contributed by atoms with Crippen LogP contribution in [0.3, 0.4) is 0 Å². The first kappa shape index (κ1) is 22.9. The van der Waals surface area contributed by atoms with Gasteiger partial charge in [0.2, 0.25) is 0 Å². The molecular formula is C24H44O2Si. The molecule has 3 atom stereocenters. The zero-order valence-electron chi connectivity index (χ0n) is 19.0. The lowest BCUT2D eigenvalue weighted by Crippen LogP contribution is -2.44. The maximum atomic E-state index is 12.4. The van der Waals surface area contributed by atoms with E-state index in [-0.39, 0.29) is 11.0 Å². The summed E-state index contributed by atoms with van der Waals surface area (Å²) in [6, 6.07) is 3.64. The Hall–Kier alpha value is -0.413. The summed E-state index contributed by atoms with van der Waals surface area (Å²) in [5.74, 6) is 1.37. The molecule has 2 nitrogen and oxygen atoms in total. The lowest BCUT2D eigenvalue weighted by atomic mass is 9.63. The van der Waals surface area contributed by atoms with E-state index in [2.05, 4.69) is 48.1 Å². The van der Waals surface area contributed by atoms with Crippen LogP contribution in [0.15, 0.2) is 12.2 Å². The Bertz CT molecular complexity index is 526. The van der Waals surface area contributed by atoms with Crippen LogP contribution in [0.4, 0.5) is 0 Å². The fourth-order valence-electron chi connectivity index (χ4n) is 6.12. The van der Waals surface area contributed by atoms with Crippen molar-refractivity contribution in [3.8, 4) is 0 Å². The van der Waals surface area contributed by atoms with Crippen LogP contribution in [0.2, 0.25) is 18.1 Å². The molecule has 3 heteroatoms. The van der Waals surface area contributed by atoms with Gasteiger partial charge in [0.25, 0.3) is 0 Å². The average Bonchev–Trinajstić information content (AvgIpc) is 2.98. The van der Waals surface area contributed by atoms with Crippen molar-refractivity contribution in [1.82, 2.24) is 0 Å². The molecule has 0 radical (unpaired) electrons. The van der Waals surface area contributed by atoms with Gasteiger partial charge in [0.1, 0.15) is 5.78 Å². The molecule has 0 bridgehead atoms. The lowest BCUT2D eigenvalue weighted by molar-refractivity contribution is -0.129. The average molecular weight is 393 g/mol. The van der Waals surface area contributed by atoms with Gasteiger partial charge in [0, 0.05) is 12.3 Å². The van der Waals surface area contributed by atoms with Gasteiger partial charge in [-0.2, -0.15) is 0 Å². The van der Waals surface area contributed by atoms with Crippen LogP contribution in [-0.2, 0) is 9.22 Å². The maximum absolute atomic E-state index is 12.4. The largest absolute Gasteiger partial charge is 0.412 e. The van der Waals surface area contributed by atoms with Crippen molar-refractivity contribution in [1.29, 1.82) is 0 Å². The van der Waals surface area contributed by atoms with Crippen LogP contribution in [0.25, 0.3) is 0 Å². The summed E-state index contributed by atoms with van der Waals surface area (Å²) in [6.45, 7) is 18.3. The summed E-state index contributed by atoms with van der Waals surface area (Å²) < 4.78 is 6.76. The second kappa shape index (κ2) is 8.94. The molecule has 2 saturated carbocycles. The first-order valence-electron chi connectivity index (χ1n) is 11.5.